The molecule has 4 rings (SSSR count). The number of carbonyl (C=O) groups is 1. The van der Waals surface area contributed by atoms with Crippen molar-refractivity contribution in [2.24, 2.45) is 11.8 Å². The predicted molar refractivity (Wildman–Crippen MR) is 97.0 cm³/mol. The molecule has 2 aromatic carbocycles. The number of ketones is 1. The van der Waals surface area contributed by atoms with Crippen LogP contribution in [0.4, 0.5) is 0 Å². The Morgan fingerprint density at radius 2 is 1.67 bits per heavy atom. The first-order valence-electron chi connectivity index (χ1n) is 8.39. The number of halogens is 1. The third-order valence-electron chi connectivity index (χ3n) is 5.38. The zero-order valence-electron chi connectivity index (χ0n) is 13.6. The Hall–Kier alpha value is -2.06. The molecule has 0 saturated heterocycles. The summed E-state index contributed by atoms with van der Waals surface area (Å²) >= 11 is 5.97. The van der Waals surface area contributed by atoms with Crippen LogP contribution in [-0.4, -0.2) is 10.9 Å². The molecule has 0 radical (unpaired) electrons. The Bertz CT molecular complexity index is 849. The summed E-state index contributed by atoms with van der Waals surface area (Å²) < 4.78 is 0. The van der Waals surface area contributed by atoms with Gasteiger partial charge in [0, 0.05) is 16.9 Å². The third-order valence-corrected chi connectivity index (χ3v) is 5.63. The largest absolute Gasteiger partial charge is 0.511 e. The van der Waals surface area contributed by atoms with Gasteiger partial charge in [-0.2, -0.15) is 0 Å². The van der Waals surface area contributed by atoms with Crippen LogP contribution in [0, 0.1) is 18.8 Å². The lowest BCUT2D eigenvalue weighted by Crippen LogP contribution is -2.21. The number of allylic oxidation sites excluding steroid dienone is 2. The van der Waals surface area contributed by atoms with Crippen LogP contribution in [-0.2, 0) is 4.79 Å². The van der Waals surface area contributed by atoms with Crippen molar-refractivity contribution in [3.8, 4) is 11.1 Å². The number of aliphatic hydroxyl groups is 1. The van der Waals surface area contributed by atoms with Gasteiger partial charge in [0.15, 0.2) is 5.78 Å². The van der Waals surface area contributed by atoms with Gasteiger partial charge in [0.2, 0.25) is 0 Å². The van der Waals surface area contributed by atoms with Gasteiger partial charge in [-0.05, 0) is 66.6 Å². The fourth-order valence-corrected chi connectivity index (χ4v) is 4.11. The van der Waals surface area contributed by atoms with Gasteiger partial charge in [-0.25, -0.2) is 0 Å². The minimum atomic E-state index is 0.0829. The molecule has 0 heterocycles. The second-order valence-corrected chi connectivity index (χ2v) is 7.30. The van der Waals surface area contributed by atoms with Crippen molar-refractivity contribution in [3.63, 3.8) is 0 Å². The summed E-state index contributed by atoms with van der Waals surface area (Å²) in [6.45, 7) is 1.99. The second kappa shape index (κ2) is 5.78. The van der Waals surface area contributed by atoms with E-state index in [0.29, 0.717) is 16.4 Å². The van der Waals surface area contributed by atoms with E-state index in [1.807, 2.05) is 49.4 Å². The van der Waals surface area contributed by atoms with Crippen LogP contribution >= 0.6 is 11.6 Å². The first kappa shape index (κ1) is 15.5. The summed E-state index contributed by atoms with van der Waals surface area (Å²) in [7, 11) is 0. The van der Waals surface area contributed by atoms with Gasteiger partial charge >= 0.3 is 0 Å². The number of carbonyl (C=O) groups excluding carboxylic acids is 1. The maximum atomic E-state index is 12.8. The molecule has 3 heteroatoms. The fourth-order valence-electron chi connectivity index (χ4n) is 3.99. The van der Waals surface area contributed by atoms with E-state index in [4.69, 9.17) is 11.6 Å². The molecule has 0 aliphatic heterocycles. The number of aliphatic hydroxyl groups excluding tert-OH is 1. The van der Waals surface area contributed by atoms with Crippen LogP contribution < -0.4 is 0 Å². The summed E-state index contributed by atoms with van der Waals surface area (Å²) in [6.07, 6.45) is 2.62. The summed E-state index contributed by atoms with van der Waals surface area (Å²) in [4.78, 5) is 12.8. The van der Waals surface area contributed by atoms with Crippen molar-refractivity contribution < 1.29 is 9.90 Å². The lowest BCUT2D eigenvalue weighted by Gasteiger charge is -2.23. The quantitative estimate of drug-likeness (QED) is 0.775. The molecular weight excluding hydrogens is 320 g/mol. The minimum absolute atomic E-state index is 0.0829. The minimum Gasteiger partial charge on any atom is -0.511 e. The molecule has 0 amide bonds. The van der Waals surface area contributed by atoms with Gasteiger partial charge in [0.25, 0.3) is 0 Å². The van der Waals surface area contributed by atoms with Crippen molar-refractivity contribution in [1.82, 2.24) is 0 Å². The molecule has 2 atom stereocenters. The van der Waals surface area contributed by atoms with Crippen LogP contribution in [0.3, 0.4) is 0 Å². The Balaban J connectivity index is 1.84. The standard InChI is InChI=1S/C21H19ClO2/c1-12-2-3-14(13-6-8-17(22)9-7-13)11-18(12)19-20(23)15-4-5-16(10-15)21(19)24/h2-3,6-9,11,15-16,23H,4-5,10H2,1H3/t15?,16-/m1/s1. The van der Waals surface area contributed by atoms with E-state index >= 15 is 0 Å². The molecule has 24 heavy (non-hydrogen) atoms. The van der Waals surface area contributed by atoms with Gasteiger partial charge in [0.1, 0.15) is 5.76 Å². The topological polar surface area (TPSA) is 37.3 Å². The first-order valence-corrected chi connectivity index (χ1v) is 8.76. The van der Waals surface area contributed by atoms with E-state index in [2.05, 4.69) is 0 Å². The smallest absolute Gasteiger partial charge is 0.169 e. The average Bonchev–Trinajstić information content (AvgIpc) is 3.03. The van der Waals surface area contributed by atoms with Crippen LogP contribution in [0.2, 0.25) is 5.02 Å². The lowest BCUT2D eigenvalue weighted by atomic mass is 9.81. The van der Waals surface area contributed by atoms with Crippen molar-refractivity contribution in [2.45, 2.75) is 26.2 Å². The summed E-state index contributed by atoms with van der Waals surface area (Å²) in [5, 5.41) is 11.3. The molecular formula is C21H19ClO2. The highest BCUT2D eigenvalue weighted by Gasteiger charge is 2.41. The maximum absolute atomic E-state index is 12.8. The van der Waals surface area contributed by atoms with Crippen molar-refractivity contribution in [1.29, 1.82) is 0 Å². The zero-order chi connectivity index (χ0) is 16.8. The lowest BCUT2D eigenvalue weighted by molar-refractivity contribution is -0.117. The van der Waals surface area contributed by atoms with Gasteiger partial charge < -0.3 is 5.11 Å². The molecule has 2 aliphatic carbocycles. The Labute approximate surface area is 146 Å². The highest BCUT2D eigenvalue weighted by molar-refractivity contribution is 6.30. The molecule has 1 unspecified atom stereocenters. The van der Waals surface area contributed by atoms with Crippen molar-refractivity contribution in [2.75, 3.05) is 0 Å². The molecule has 0 aromatic heterocycles. The van der Waals surface area contributed by atoms with Crippen LogP contribution in [0.25, 0.3) is 16.7 Å². The second-order valence-electron chi connectivity index (χ2n) is 6.87. The van der Waals surface area contributed by atoms with Crippen LogP contribution in [0.5, 0.6) is 0 Å². The number of Topliss-reactive ketones (excluding diaryl/α,β-unsaturated/α-hetero) is 1. The molecule has 2 bridgehead atoms. The number of hydrogen-bond acceptors (Lipinski definition) is 2. The molecule has 1 fully saturated rings. The maximum Gasteiger partial charge on any atom is 0.169 e. The van der Waals surface area contributed by atoms with Gasteiger partial charge in [-0.15, -0.1) is 0 Å². The molecule has 0 spiro atoms. The Kier molecular flexibility index (Phi) is 3.73. The zero-order valence-corrected chi connectivity index (χ0v) is 14.3. The predicted octanol–water partition coefficient (Wildman–Crippen LogP) is 5.58. The van der Waals surface area contributed by atoms with Crippen LogP contribution in [0.1, 0.15) is 30.4 Å². The van der Waals surface area contributed by atoms with E-state index < -0.39 is 0 Å². The molecule has 1 N–H and O–H groups in total. The SMILES string of the molecule is Cc1ccc(-c2ccc(Cl)cc2)cc1C1=C(O)C2CC[C@H](C2)C1=O. The summed E-state index contributed by atoms with van der Waals surface area (Å²) in [6, 6.07) is 13.7. The van der Waals surface area contributed by atoms with Gasteiger partial charge in [-0.1, -0.05) is 35.9 Å². The highest BCUT2D eigenvalue weighted by Crippen LogP contribution is 2.46. The number of hydrogen-bond donors (Lipinski definition) is 1. The monoisotopic (exact) mass is 338 g/mol. The summed E-state index contributed by atoms with van der Waals surface area (Å²) in [5.41, 5.74) is 4.50. The highest BCUT2D eigenvalue weighted by atomic mass is 35.5. The molecule has 122 valence electrons. The molecule has 2 nitrogen and oxygen atoms in total. The number of fused-ring (bicyclic) bond motifs is 2. The van der Waals surface area contributed by atoms with Crippen molar-refractivity contribution in [3.05, 3.63) is 64.4 Å². The van der Waals surface area contributed by atoms with E-state index in [9.17, 15) is 9.90 Å². The van der Waals surface area contributed by atoms with E-state index in [1.54, 1.807) is 0 Å². The molecule has 2 aliphatic rings. The Morgan fingerprint density at radius 3 is 2.42 bits per heavy atom. The normalized spacial score (nSPS) is 23.0. The van der Waals surface area contributed by atoms with E-state index in [1.165, 1.54) is 0 Å². The number of benzene rings is 2. The van der Waals surface area contributed by atoms with E-state index in [-0.39, 0.29) is 17.6 Å². The van der Waals surface area contributed by atoms with Crippen molar-refractivity contribution >= 4 is 23.0 Å². The van der Waals surface area contributed by atoms with Gasteiger partial charge in [0.05, 0.1) is 5.57 Å². The van der Waals surface area contributed by atoms with Gasteiger partial charge in [-0.3, -0.25) is 4.79 Å². The fraction of sp³-hybridized carbons (Fsp3) is 0.286. The number of rotatable bonds is 2. The van der Waals surface area contributed by atoms with E-state index in [0.717, 1.165) is 41.5 Å². The number of aryl methyl sites for hydroxylation is 1. The third kappa shape index (κ3) is 2.46. The Morgan fingerprint density at radius 1 is 1.00 bits per heavy atom. The molecule has 2 aromatic rings. The van der Waals surface area contributed by atoms with Crippen LogP contribution in [0.15, 0.2) is 48.2 Å². The summed E-state index contributed by atoms with van der Waals surface area (Å²) in [5.74, 6) is 0.642. The average molecular weight is 339 g/mol. The first-order chi connectivity index (χ1) is 11.5. The molecule has 1 saturated carbocycles.